The SMILES string of the molecule is CN(C)c1cc(NC2CCN(CCn3ccncc3=O)CC2)ncn1. The van der Waals surface area contributed by atoms with Gasteiger partial charge >= 0.3 is 0 Å². The van der Waals surface area contributed by atoms with Gasteiger partial charge in [0.25, 0.3) is 5.56 Å². The van der Waals surface area contributed by atoms with Crippen LogP contribution in [0.4, 0.5) is 11.6 Å². The Labute approximate surface area is 147 Å². The van der Waals surface area contributed by atoms with Crippen molar-refractivity contribution in [1.29, 1.82) is 0 Å². The molecule has 0 unspecified atom stereocenters. The van der Waals surface area contributed by atoms with Crippen LogP contribution in [0.25, 0.3) is 0 Å². The number of piperidine rings is 1. The van der Waals surface area contributed by atoms with Gasteiger partial charge in [-0.15, -0.1) is 0 Å². The fourth-order valence-electron chi connectivity index (χ4n) is 2.99. The van der Waals surface area contributed by atoms with Gasteiger partial charge in [-0.05, 0) is 12.8 Å². The van der Waals surface area contributed by atoms with Crippen molar-refractivity contribution in [2.75, 3.05) is 43.9 Å². The maximum atomic E-state index is 11.7. The van der Waals surface area contributed by atoms with Crippen molar-refractivity contribution in [2.24, 2.45) is 0 Å². The van der Waals surface area contributed by atoms with Gasteiger partial charge in [0.05, 0.1) is 6.20 Å². The summed E-state index contributed by atoms with van der Waals surface area (Å²) in [5.74, 6) is 1.78. The van der Waals surface area contributed by atoms with Crippen LogP contribution in [0, 0.1) is 0 Å². The Morgan fingerprint density at radius 3 is 2.76 bits per heavy atom. The van der Waals surface area contributed by atoms with Crippen molar-refractivity contribution in [1.82, 2.24) is 24.4 Å². The van der Waals surface area contributed by atoms with Crippen LogP contribution in [0.2, 0.25) is 0 Å². The molecule has 0 amide bonds. The molecule has 0 radical (unpaired) electrons. The summed E-state index contributed by atoms with van der Waals surface area (Å²) in [5.41, 5.74) is -0.0421. The highest BCUT2D eigenvalue weighted by atomic mass is 16.1. The monoisotopic (exact) mass is 343 g/mol. The van der Waals surface area contributed by atoms with Crippen LogP contribution in [0.5, 0.6) is 0 Å². The van der Waals surface area contributed by atoms with E-state index in [2.05, 4.69) is 25.2 Å². The molecule has 0 atom stereocenters. The van der Waals surface area contributed by atoms with Crippen LogP contribution < -0.4 is 15.8 Å². The molecular weight excluding hydrogens is 318 g/mol. The lowest BCUT2D eigenvalue weighted by atomic mass is 10.1. The average Bonchev–Trinajstić information content (AvgIpc) is 2.62. The number of hydrogen-bond donors (Lipinski definition) is 1. The molecule has 1 N–H and O–H groups in total. The van der Waals surface area contributed by atoms with E-state index in [0.29, 0.717) is 12.6 Å². The summed E-state index contributed by atoms with van der Waals surface area (Å²) in [6, 6.07) is 2.40. The van der Waals surface area contributed by atoms with Crippen LogP contribution in [0.1, 0.15) is 12.8 Å². The van der Waals surface area contributed by atoms with E-state index in [-0.39, 0.29) is 5.56 Å². The minimum atomic E-state index is -0.0421. The van der Waals surface area contributed by atoms with E-state index in [4.69, 9.17) is 0 Å². The Morgan fingerprint density at radius 1 is 1.24 bits per heavy atom. The zero-order valence-electron chi connectivity index (χ0n) is 14.8. The van der Waals surface area contributed by atoms with E-state index in [1.54, 1.807) is 23.3 Å². The number of likely N-dealkylation sites (tertiary alicyclic amines) is 1. The molecule has 3 heterocycles. The molecule has 25 heavy (non-hydrogen) atoms. The minimum Gasteiger partial charge on any atom is -0.367 e. The van der Waals surface area contributed by atoms with Gasteiger partial charge < -0.3 is 19.7 Å². The van der Waals surface area contributed by atoms with E-state index < -0.39 is 0 Å². The number of aromatic nitrogens is 4. The Hall–Kier alpha value is -2.48. The lowest BCUT2D eigenvalue weighted by molar-refractivity contribution is 0.210. The van der Waals surface area contributed by atoms with E-state index in [1.165, 1.54) is 6.20 Å². The molecule has 1 aliphatic heterocycles. The number of rotatable bonds is 6. The molecule has 1 aliphatic rings. The molecule has 0 aliphatic carbocycles. The fraction of sp³-hybridized carbons (Fsp3) is 0.529. The van der Waals surface area contributed by atoms with Crippen molar-refractivity contribution in [2.45, 2.75) is 25.4 Å². The van der Waals surface area contributed by atoms with Gasteiger partial charge in [0, 0.05) is 64.8 Å². The maximum absolute atomic E-state index is 11.7. The van der Waals surface area contributed by atoms with Gasteiger partial charge in [-0.1, -0.05) is 0 Å². The maximum Gasteiger partial charge on any atom is 0.269 e. The summed E-state index contributed by atoms with van der Waals surface area (Å²) in [6.07, 6.45) is 8.48. The zero-order chi connectivity index (χ0) is 17.6. The predicted molar refractivity (Wildman–Crippen MR) is 97.9 cm³/mol. The van der Waals surface area contributed by atoms with Crippen molar-refractivity contribution in [3.8, 4) is 0 Å². The average molecular weight is 343 g/mol. The van der Waals surface area contributed by atoms with Crippen molar-refractivity contribution < 1.29 is 0 Å². The topological polar surface area (TPSA) is 79.2 Å². The highest BCUT2D eigenvalue weighted by Crippen LogP contribution is 2.17. The molecule has 2 aromatic heterocycles. The van der Waals surface area contributed by atoms with Gasteiger partial charge in [-0.25, -0.2) is 9.97 Å². The molecule has 2 aromatic rings. The van der Waals surface area contributed by atoms with E-state index >= 15 is 0 Å². The molecule has 1 saturated heterocycles. The molecule has 1 fully saturated rings. The molecule has 8 nitrogen and oxygen atoms in total. The summed E-state index contributed by atoms with van der Waals surface area (Å²) in [6.45, 7) is 3.62. The Morgan fingerprint density at radius 2 is 2.04 bits per heavy atom. The second kappa shape index (κ2) is 8.06. The van der Waals surface area contributed by atoms with E-state index in [0.717, 1.165) is 44.1 Å². The highest BCUT2D eigenvalue weighted by Gasteiger charge is 2.19. The Kier molecular flexibility index (Phi) is 5.60. The third-order valence-corrected chi connectivity index (χ3v) is 4.51. The standard InChI is InChI=1S/C17H25N7O/c1-22(2)16-11-15(19-13-20-16)21-14-3-6-23(7-4-14)9-10-24-8-5-18-12-17(24)25/h5,8,11-14H,3-4,6-7,9-10H2,1-2H3,(H,19,20,21). The second-order valence-electron chi connectivity index (χ2n) is 6.52. The quantitative estimate of drug-likeness (QED) is 0.826. The largest absolute Gasteiger partial charge is 0.367 e. The smallest absolute Gasteiger partial charge is 0.269 e. The van der Waals surface area contributed by atoms with Crippen LogP contribution in [-0.4, -0.2) is 64.2 Å². The molecular formula is C17H25N7O. The summed E-state index contributed by atoms with van der Waals surface area (Å²) < 4.78 is 1.71. The van der Waals surface area contributed by atoms with Crippen molar-refractivity contribution >= 4 is 11.6 Å². The van der Waals surface area contributed by atoms with Crippen molar-refractivity contribution in [3.05, 3.63) is 41.3 Å². The molecule has 8 heteroatoms. The van der Waals surface area contributed by atoms with E-state index in [9.17, 15) is 4.79 Å². The molecule has 0 aromatic carbocycles. The Balaban J connectivity index is 1.46. The second-order valence-corrected chi connectivity index (χ2v) is 6.52. The summed E-state index contributed by atoms with van der Waals surface area (Å²) in [7, 11) is 3.94. The van der Waals surface area contributed by atoms with Crippen LogP contribution in [0.15, 0.2) is 35.8 Å². The van der Waals surface area contributed by atoms with Crippen LogP contribution >= 0.6 is 0 Å². The fourth-order valence-corrected chi connectivity index (χ4v) is 2.99. The lowest BCUT2D eigenvalue weighted by Crippen LogP contribution is -2.41. The van der Waals surface area contributed by atoms with Gasteiger partial charge in [-0.3, -0.25) is 9.78 Å². The normalized spacial score (nSPS) is 15.9. The molecule has 0 bridgehead atoms. The zero-order valence-corrected chi connectivity index (χ0v) is 14.8. The lowest BCUT2D eigenvalue weighted by Gasteiger charge is -2.32. The van der Waals surface area contributed by atoms with Crippen LogP contribution in [0.3, 0.4) is 0 Å². The summed E-state index contributed by atoms with van der Waals surface area (Å²) in [4.78, 5) is 28.4. The number of anilines is 2. The highest BCUT2D eigenvalue weighted by molar-refractivity contribution is 5.47. The third kappa shape index (κ3) is 4.76. The minimum absolute atomic E-state index is 0.0421. The molecule has 3 rings (SSSR count). The van der Waals surface area contributed by atoms with Gasteiger partial charge in [0.15, 0.2) is 0 Å². The third-order valence-electron chi connectivity index (χ3n) is 4.51. The number of hydrogen-bond acceptors (Lipinski definition) is 7. The van der Waals surface area contributed by atoms with Crippen molar-refractivity contribution in [3.63, 3.8) is 0 Å². The first kappa shape index (κ1) is 17.3. The summed E-state index contributed by atoms with van der Waals surface area (Å²) >= 11 is 0. The first-order valence-electron chi connectivity index (χ1n) is 8.60. The Bertz CT molecular complexity index is 738. The molecule has 0 saturated carbocycles. The first-order chi connectivity index (χ1) is 12.1. The number of nitrogens with zero attached hydrogens (tertiary/aromatic N) is 6. The molecule has 0 spiro atoms. The number of nitrogens with one attached hydrogen (secondary N) is 1. The van der Waals surface area contributed by atoms with Gasteiger partial charge in [-0.2, -0.15) is 0 Å². The van der Waals surface area contributed by atoms with Gasteiger partial charge in [0.1, 0.15) is 18.0 Å². The van der Waals surface area contributed by atoms with Crippen LogP contribution in [-0.2, 0) is 6.54 Å². The van der Waals surface area contributed by atoms with E-state index in [1.807, 2.05) is 25.1 Å². The van der Waals surface area contributed by atoms with Gasteiger partial charge in [0.2, 0.25) is 0 Å². The predicted octanol–water partition coefficient (Wildman–Crippen LogP) is 0.676. The molecule has 134 valence electrons. The first-order valence-corrected chi connectivity index (χ1v) is 8.60. The summed E-state index contributed by atoms with van der Waals surface area (Å²) in [5, 5.41) is 3.51.